The summed E-state index contributed by atoms with van der Waals surface area (Å²) in [7, 11) is 4.56. The Morgan fingerprint density at radius 2 is 1.76 bits per heavy atom. The van der Waals surface area contributed by atoms with Gasteiger partial charge in [0.2, 0.25) is 0 Å². The van der Waals surface area contributed by atoms with Crippen molar-refractivity contribution in [2.24, 2.45) is 5.92 Å². The summed E-state index contributed by atoms with van der Waals surface area (Å²) in [5, 5.41) is 9.21. The number of methoxy groups -OCH3 is 3. The number of allylic oxidation sites excluding steroid dienone is 3. The Labute approximate surface area is 219 Å². The fraction of sp³-hybridized carbons (Fsp3) is 0.571. The monoisotopic (exact) mass is 520 g/mol. The smallest absolute Gasteiger partial charge is 0.342 e. The maximum absolute atomic E-state index is 12.6. The van der Waals surface area contributed by atoms with Crippen molar-refractivity contribution in [2.45, 2.75) is 53.1 Å². The van der Waals surface area contributed by atoms with E-state index in [0.717, 1.165) is 27.8 Å². The van der Waals surface area contributed by atoms with Crippen LogP contribution in [-0.2, 0) is 36.8 Å². The minimum Gasteiger partial charge on any atom is -0.496 e. The van der Waals surface area contributed by atoms with Crippen molar-refractivity contribution in [2.75, 3.05) is 47.9 Å². The number of carbonyl (C=O) groups excluding carboxylic acids is 2. The van der Waals surface area contributed by atoms with Crippen molar-refractivity contribution in [1.29, 1.82) is 0 Å². The molecule has 0 aliphatic carbocycles. The van der Waals surface area contributed by atoms with Crippen molar-refractivity contribution < 1.29 is 43.1 Å². The molecule has 1 aromatic carbocycles. The molecule has 1 heterocycles. The molecule has 2 rings (SSSR count). The van der Waals surface area contributed by atoms with Crippen LogP contribution in [0, 0.1) is 12.8 Å². The second-order valence-corrected chi connectivity index (χ2v) is 9.10. The number of carbonyl (C=O) groups is 2. The first-order valence-electron chi connectivity index (χ1n) is 12.3. The van der Waals surface area contributed by atoms with E-state index < -0.39 is 5.97 Å². The van der Waals surface area contributed by atoms with Gasteiger partial charge in [-0.05, 0) is 51.5 Å². The summed E-state index contributed by atoms with van der Waals surface area (Å²) in [6.07, 6.45) is 5.85. The Bertz CT molecular complexity index is 994. The highest BCUT2D eigenvalue weighted by Gasteiger charge is 2.33. The number of rotatable bonds is 16. The largest absolute Gasteiger partial charge is 0.496 e. The van der Waals surface area contributed by atoms with E-state index in [9.17, 15) is 14.7 Å². The van der Waals surface area contributed by atoms with Crippen molar-refractivity contribution in [3.05, 3.63) is 45.6 Å². The van der Waals surface area contributed by atoms with Gasteiger partial charge in [0, 0.05) is 24.7 Å². The van der Waals surface area contributed by atoms with E-state index in [1.165, 1.54) is 7.11 Å². The number of hydrogen-bond acceptors (Lipinski definition) is 9. The van der Waals surface area contributed by atoms with E-state index in [0.29, 0.717) is 49.5 Å². The van der Waals surface area contributed by atoms with Gasteiger partial charge in [0.25, 0.3) is 0 Å². The van der Waals surface area contributed by atoms with Gasteiger partial charge in [-0.15, -0.1) is 0 Å². The third-order valence-electron chi connectivity index (χ3n) is 6.34. The second-order valence-electron chi connectivity index (χ2n) is 9.10. The average molecular weight is 521 g/mol. The van der Waals surface area contributed by atoms with Crippen molar-refractivity contribution >= 4 is 11.9 Å². The first kappa shape index (κ1) is 30.3. The summed E-state index contributed by atoms with van der Waals surface area (Å²) in [5.74, 6) is 0.359. The van der Waals surface area contributed by atoms with E-state index in [1.54, 1.807) is 20.3 Å². The van der Waals surface area contributed by atoms with Crippen LogP contribution in [0.3, 0.4) is 0 Å². The Morgan fingerprint density at radius 3 is 2.38 bits per heavy atom. The van der Waals surface area contributed by atoms with Crippen LogP contribution in [0.5, 0.6) is 11.5 Å². The molecule has 9 heteroatoms. The second kappa shape index (κ2) is 15.4. The maximum Gasteiger partial charge on any atom is 0.342 e. The molecule has 37 heavy (non-hydrogen) atoms. The molecule has 1 aliphatic heterocycles. The van der Waals surface area contributed by atoms with Gasteiger partial charge in [-0.1, -0.05) is 23.3 Å². The number of aliphatic hydroxyl groups is 1. The first-order valence-corrected chi connectivity index (χ1v) is 12.3. The fourth-order valence-electron chi connectivity index (χ4n) is 4.52. The predicted molar refractivity (Wildman–Crippen MR) is 138 cm³/mol. The summed E-state index contributed by atoms with van der Waals surface area (Å²) >= 11 is 0. The number of hydrogen-bond donors (Lipinski definition) is 1. The Morgan fingerprint density at radius 1 is 1.05 bits per heavy atom. The molecular weight excluding hydrogens is 480 g/mol. The molecule has 1 aliphatic rings. The lowest BCUT2D eigenvalue weighted by molar-refractivity contribution is -0.141. The van der Waals surface area contributed by atoms with Gasteiger partial charge in [-0.2, -0.15) is 0 Å². The molecule has 206 valence electrons. The highest BCUT2D eigenvalue weighted by Crippen LogP contribution is 2.43. The number of aliphatic hydroxyl groups excluding tert-OH is 1. The molecule has 0 bridgehead atoms. The van der Waals surface area contributed by atoms with Crippen molar-refractivity contribution in [3.63, 3.8) is 0 Å². The van der Waals surface area contributed by atoms with E-state index in [-0.39, 0.29) is 38.3 Å². The number of benzene rings is 1. The first-order chi connectivity index (χ1) is 17.8. The zero-order valence-electron chi connectivity index (χ0n) is 22.8. The molecule has 0 saturated carbocycles. The van der Waals surface area contributed by atoms with Gasteiger partial charge in [-0.25, -0.2) is 4.79 Å². The molecule has 0 radical (unpaired) electrons. The summed E-state index contributed by atoms with van der Waals surface area (Å²) in [5.41, 5.74) is 4.81. The van der Waals surface area contributed by atoms with Crippen LogP contribution in [0.2, 0.25) is 0 Å². The molecule has 1 atom stereocenters. The summed E-state index contributed by atoms with van der Waals surface area (Å²) < 4.78 is 32.4. The molecule has 9 nitrogen and oxygen atoms in total. The normalized spacial score (nSPS) is 14.3. The van der Waals surface area contributed by atoms with E-state index in [4.69, 9.17) is 28.4 Å². The number of esters is 2. The SMILES string of the molecule is COCCOCOc1c(C/C=C(\C)CC(CC(=O)OC)C/C(C)=C/CO)c(OC)c(C)c2c1C(=O)OC2. The zero-order valence-corrected chi connectivity index (χ0v) is 22.8. The highest BCUT2D eigenvalue weighted by atomic mass is 16.7. The molecule has 1 aromatic rings. The van der Waals surface area contributed by atoms with Crippen LogP contribution in [0.1, 0.15) is 60.2 Å². The van der Waals surface area contributed by atoms with Gasteiger partial charge >= 0.3 is 11.9 Å². The van der Waals surface area contributed by atoms with Crippen LogP contribution in [0.15, 0.2) is 23.3 Å². The lowest BCUT2D eigenvalue weighted by Crippen LogP contribution is -2.13. The minimum atomic E-state index is -0.432. The fourth-order valence-corrected chi connectivity index (χ4v) is 4.52. The van der Waals surface area contributed by atoms with Crippen LogP contribution in [-0.4, -0.2) is 65.0 Å². The quantitative estimate of drug-likeness (QED) is 0.149. The Hall–Kier alpha value is -2.88. The van der Waals surface area contributed by atoms with Crippen LogP contribution < -0.4 is 9.47 Å². The van der Waals surface area contributed by atoms with Crippen LogP contribution in [0.25, 0.3) is 0 Å². The van der Waals surface area contributed by atoms with E-state index in [1.807, 2.05) is 20.8 Å². The topological polar surface area (TPSA) is 110 Å². The predicted octanol–water partition coefficient (Wildman–Crippen LogP) is 4.06. The molecule has 0 saturated heterocycles. The highest BCUT2D eigenvalue weighted by molar-refractivity contribution is 5.98. The lowest BCUT2D eigenvalue weighted by Gasteiger charge is -2.20. The molecule has 0 aromatic heterocycles. The molecule has 0 fully saturated rings. The zero-order chi connectivity index (χ0) is 27.4. The van der Waals surface area contributed by atoms with Gasteiger partial charge in [-0.3, -0.25) is 4.79 Å². The van der Waals surface area contributed by atoms with Gasteiger partial charge in [0.15, 0.2) is 6.79 Å². The lowest BCUT2D eigenvalue weighted by atomic mass is 9.89. The minimum absolute atomic E-state index is 0.0232. The van der Waals surface area contributed by atoms with Crippen LogP contribution in [0.4, 0.5) is 0 Å². The Kier molecular flexibility index (Phi) is 12.6. The van der Waals surface area contributed by atoms with E-state index in [2.05, 4.69) is 6.08 Å². The molecule has 0 amide bonds. The Balaban J connectivity index is 2.34. The third kappa shape index (κ3) is 8.59. The summed E-state index contributed by atoms with van der Waals surface area (Å²) in [6, 6.07) is 0. The summed E-state index contributed by atoms with van der Waals surface area (Å²) in [6.45, 7) is 6.71. The van der Waals surface area contributed by atoms with Gasteiger partial charge in [0.05, 0.1) is 34.0 Å². The standard InChI is InChI=1S/C28H40O9/c1-18(13-21(15-24(30)33-5)14-19(2)9-10-29)7-8-22-26(34-6)20(3)23-16-36-28(31)25(23)27(22)37-17-35-12-11-32-4/h7,9,21,29H,8,10-17H2,1-6H3/b18-7+,19-9+. The molecule has 0 spiro atoms. The maximum atomic E-state index is 12.6. The van der Waals surface area contributed by atoms with Crippen molar-refractivity contribution in [1.82, 2.24) is 0 Å². The molecule has 1 N–H and O–H groups in total. The number of fused-ring (bicyclic) bond motifs is 1. The van der Waals surface area contributed by atoms with E-state index >= 15 is 0 Å². The molecule has 1 unspecified atom stereocenters. The van der Waals surface area contributed by atoms with Gasteiger partial charge < -0.3 is 33.5 Å². The number of ether oxygens (including phenoxy) is 6. The van der Waals surface area contributed by atoms with Crippen molar-refractivity contribution in [3.8, 4) is 11.5 Å². The van der Waals surface area contributed by atoms with Crippen LogP contribution >= 0.6 is 0 Å². The summed E-state index contributed by atoms with van der Waals surface area (Å²) in [4.78, 5) is 24.6. The number of cyclic esters (lactones) is 1. The molecular formula is C28H40O9. The average Bonchev–Trinajstić information content (AvgIpc) is 3.25. The van der Waals surface area contributed by atoms with Gasteiger partial charge in [0.1, 0.15) is 23.7 Å². The third-order valence-corrected chi connectivity index (χ3v) is 6.34.